The Labute approximate surface area is 191 Å². The maximum Gasteiger partial charge on any atom is 0.303 e. The minimum atomic E-state index is -0.868. The number of benzene rings is 2. The predicted molar refractivity (Wildman–Crippen MR) is 122 cm³/mol. The first-order chi connectivity index (χ1) is 14.3. The molecule has 0 heterocycles. The molecule has 1 aliphatic rings. The molecule has 2 aromatic carbocycles. The highest BCUT2D eigenvalue weighted by Crippen LogP contribution is 2.53. The topological polar surface area (TPSA) is 66.4 Å². The van der Waals surface area contributed by atoms with E-state index in [4.69, 9.17) is 28.3 Å². The molecule has 0 radical (unpaired) electrons. The summed E-state index contributed by atoms with van der Waals surface area (Å²) in [5.41, 5.74) is 1.33. The molecule has 2 aromatic rings. The van der Waals surface area contributed by atoms with E-state index in [1.54, 1.807) is 11.8 Å². The zero-order valence-electron chi connectivity index (χ0n) is 17.0. The lowest BCUT2D eigenvalue weighted by molar-refractivity contribution is -0.137. The molecule has 4 nitrogen and oxygen atoms in total. The van der Waals surface area contributed by atoms with E-state index in [9.17, 15) is 9.59 Å². The largest absolute Gasteiger partial charge is 0.481 e. The van der Waals surface area contributed by atoms with Crippen LogP contribution in [-0.4, -0.2) is 23.5 Å². The van der Waals surface area contributed by atoms with Crippen LogP contribution in [0.1, 0.15) is 56.6 Å². The lowest BCUT2D eigenvalue weighted by Crippen LogP contribution is -2.35. The fourth-order valence-electron chi connectivity index (χ4n) is 3.50. The normalized spacial score (nSPS) is 14.6. The van der Waals surface area contributed by atoms with Gasteiger partial charge < -0.3 is 10.4 Å². The van der Waals surface area contributed by atoms with Crippen molar-refractivity contribution in [3.8, 4) is 0 Å². The van der Waals surface area contributed by atoms with Crippen molar-refractivity contribution in [3.63, 3.8) is 0 Å². The Morgan fingerprint density at radius 2 is 1.80 bits per heavy atom. The summed E-state index contributed by atoms with van der Waals surface area (Å²) in [4.78, 5) is 25.4. The summed E-state index contributed by atoms with van der Waals surface area (Å²) >= 11 is 14.8. The molecule has 0 aromatic heterocycles. The van der Waals surface area contributed by atoms with Gasteiger partial charge in [0, 0.05) is 22.8 Å². The van der Waals surface area contributed by atoms with Gasteiger partial charge in [-0.05, 0) is 48.4 Å². The van der Waals surface area contributed by atoms with Gasteiger partial charge in [-0.3, -0.25) is 9.59 Å². The highest BCUT2D eigenvalue weighted by atomic mass is 35.5. The van der Waals surface area contributed by atoms with E-state index in [0.717, 1.165) is 15.4 Å². The van der Waals surface area contributed by atoms with Crippen LogP contribution >= 0.6 is 35.0 Å². The Hall–Kier alpha value is -1.69. The summed E-state index contributed by atoms with van der Waals surface area (Å²) in [5.74, 6) is -0.592. The highest BCUT2D eigenvalue weighted by Gasteiger charge is 2.52. The Morgan fingerprint density at radius 1 is 1.10 bits per heavy atom. The second-order valence-corrected chi connectivity index (χ2v) is 9.71. The first-order valence-corrected chi connectivity index (χ1v) is 11.6. The molecule has 1 fully saturated rings. The van der Waals surface area contributed by atoms with E-state index < -0.39 is 11.4 Å². The zero-order chi connectivity index (χ0) is 21.9. The number of carbonyl (C=O) groups is 2. The molecule has 160 valence electrons. The fourth-order valence-corrected chi connectivity index (χ4v) is 5.32. The van der Waals surface area contributed by atoms with Crippen molar-refractivity contribution in [2.24, 2.45) is 0 Å². The number of halogens is 2. The molecule has 2 N–H and O–H groups in total. The number of hydrogen-bond donors (Lipinski definition) is 2. The third-order valence-electron chi connectivity index (χ3n) is 5.36. The van der Waals surface area contributed by atoms with Crippen LogP contribution in [0.4, 0.5) is 0 Å². The van der Waals surface area contributed by atoms with Gasteiger partial charge >= 0.3 is 5.97 Å². The van der Waals surface area contributed by atoms with Crippen molar-refractivity contribution in [1.29, 1.82) is 0 Å². The number of aliphatic carboxylic acids is 1. The van der Waals surface area contributed by atoms with Crippen molar-refractivity contribution < 1.29 is 14.7 Å². The Balaban J connectivity index is 1.78. The number of carbonyl (C=O) groups excluding carboxylic acids is 1. The van der Waals surface area contributed by atoms with Crippen LogP contribution in [0.25, 0.3) is 0 Å². The minimum Gasteiger partial charge on any atom is -0.481 e. The number of hydrogen-bond acceptors (Lipinski definition) is 3. The molecular weight excluding hydrogens is 441 g/mol. The summed E-state index contributed by atoms with van der Waals surface area (Å²) in [7, 11) is 0. The van der Waals surface area contributed by atoms with Gasteiger partial charge in [-0.15, -0.1) is 0 Å². The van der Waals surface area contributed by atoms with Crippen molar-refractivity contribution in [2.45, 2.75) is 60.7 Å². The Bertz CT molecular complexity index is 957. The Kier molecular flexibility index (Phi) is 7.38. The van der Waals surface area contributed by atoms with E-state index >= 15 is 0 Å². The molecule has 30 heavy (non-hydrogen) atoms. The van der Waals surface area contributed by atoms with Crippen LogP contribution in [-0.2, 0) is 15.0 Å². The molecule has 0 atom stereocenters. The molecule has 0 unspecified atom stereocenters. The van der Waals surface area contributed by atoms with E-state index in [1.807, 2.05) is 24.3 Å². The smallest absolute Gasteiger partial charge is 0.303 e. The summed E-state index contributed by atoms with van der Waals surface area (Å²) < 4.78 is 0. The minimum absolute atomic E-state index is 0.0314. The van der Waals surface area contributed by atoms with Gasteiger partial charge in [0.2, 0.25) is 5.91 Å². The average Bonchev–Trinajstić information content (AvgIpc) is 3.50. The van der Waals surface area contributed by atoms with Crippen molar-refractivity contribution in [3.05, 3.63) is 57.6 Å². The molecule has 1 amide bonds. The van der Waals surface area contributed by atoms with Gasteiger partial charge in [0.1, 0.15) is 0 Å². The molecule has 0 aliphatic heterocycles. The molecule has 0 saturated heterocycles. The molecule has 1 aliphatic carbocycles. The van der Waals surface area contributed by atoms with Crippen LogP contribution in [0, 0.1) is 0 Å². The van der Waals surface area contributed by atoms with Crippen LogP contribution in [0.3, 0.4) is 0 Å². The molecule has 7 heteroatoms. The lowest BCUT2D eigenvalue weighted by Gasteiger charge is -2.19. The monoisotopic (exact) mass is 465 g/mol. The first kappa shape index (κ1) is 23.0. The van der Waals surface area contributed by atoms with Gasteiger partial charge in [-0.2, -0.15) is 0 Å². The van der Waals surface area contributed by atoms with E-state index in [1.165, 1.54) is 5.56 Å². The highest BCUT2D eigenvalue weighted by molar-refractivity contribution is 7.99. The number of carboxylic acids is 1. The lowest BCUT2D eigenvalue weighted by atomic mass is 9.94. The van der Waals surface area contributed by atoms with E-state index in [2.05, 4.69) is 31.3 Å². The van der Waals surface area contributed by atoms with Crippen molar-refractivity contribution >= 4 is 46.8 Å². The summed E-state index contributed by atoms with van der Waals surface area (Å²) in [6.07, 6.45) is 1.84. The van der Waals surface area contributed by atoms with Gasteiger partial charge in [-0.1, -0.05) is 73.1 Å². The molecule has 1 saturated carbocycles. The standard InChI is InChI=1S/C23H25Cl2NO3S/c1-14(2)15-6-3-4-7-17(15)30-18-10-9-16(20(24)21(18)25)23(11-12-23)22(29)26-13-5-8-19(27)28/h3-4,6-7,9-10,14H,5,8,11-13H2,1-2H3,(H,26,29)(H,27,28). The van der Waals surface area contributed by atoms with Gasteiger partial charge in [0.25, 0.3) is 0 Å². The predicted octanol–water partition coefficient (Wildman–Crippen LogP) is 6.28. The number of amides is 1. The average molecular weight is 466 g/mol. The quantitative estimate of drug-likeness (QED) is 0.427. The third-order valence-corrected chi connectivity index (χ3v) is 7.51. The number of rotatable bonds is 9. The maximum absolute atomic E-state index is 12.8. The Morgan fingerprint density at radius 3 is 2.43 bits per heavy atom. The van der Waals surface area contributed by atoms with Crippen LogP contribution in [0.15, 0.2) is 46.2 Å². The molecule has 0 bridgehead atoms. The molecule has 3 rings (SSSR count). The van der Waals surface area contributed by atoms with Gasteiger partial charge in [0.15, 0.2) is 0 Å². The fraction of sp³-hybridized carbons (Fsp3) is 0.391. The first-order valence-electron chi connectivity index (χ1n) is 10.0. The molecular formula is C23H25Cl2NO3S. The van der Waals surface area contributed by atoms with Crippen molar-refractivity contribution in [1.82, 2.24) is 5.32 Å². The molecule has 0 spiro atoms. The SMILES string of the molecule is CC(C)c1ccccc1Sc1ccc(C2(C(=O)NCCCC(=O)O)CC2)c(Cl)c1Cl. The third kappa shape index (κ3) is 4.96. The maximum atomic E-state index is 12.8. The van der Waals surface area contributed by atoms with E-state index in [-0.39, 0.29) is 12.3 Å². The summed E-state index contributed by atoms with van der Waals surface area (Å²) in [5, 5.41) is 12.5. The second-order valence-electron chi connectivity index (χ2n) is 7.87. The van der Waals surface area contributed by atoms with Crippen molar-refractivity contribution in [2.75, 3.05) is 6.54 Å². The number of nitrogens with one attached hydrogen (secondary N) is 1. The number of carboxylic acid groups (broad SMARTS) is 1. The van der Waals surface area contributed by atoms with Gasteiger partial charge in [0.05, 0.1) is 15.5 Å². The van der Waals surface area contributed by atoms with Crippen LogP contribution < -0.4 is 5.32 Å². The van der Waals surface area contributed by atoms with E-state index in [0.29, 0.717) is 41.8 Å². The van der Waals surface area contributed by atoms with Gasteiger partial charge in [-0.25, -0.2) is 0 Å². The van der Waals surface area contributed by atoms with Crippen LogP contribution in [0.5, 0.6) is 0 Å². The summed E-state index contributed by atoms with van der Waals surface area (Å²) in [6.45, 7) is 4.64. The van der Waals surface area contributed by atoms with Crippen LogP contribution in [0.2, 0.25) is 10.0 Å². The summed E-state index contributed by atoms with van der Waals surface area (Å²) in [6, 6.07) is 12.1. The zero-order valence-corrected chi connectivity index (χ0v) is 19.3. The second kappa shape index (κ2) is 9.63.